The summed E-state index contributed by atoms with van der Waals surface area (Å²) in [5, 5.41) is 4.41. The summed E-state index contributed by atoms with van der Waals surface area (Å²) in [6.07, 6.45) is -3.01. The summed E-state index contributed by atoms with van der Waals surface area (Å²) in [6.45, 7) is 5.99. The number of hydrogen-bond donors (Lipinski definition) is 1. The van der Waals surface area contributed by atoms with Crippen molar-refractivity contribution >= 4 is 34.8 Å². The van der Waals surface area contributed by atoms with Gasteiger partial charge in [0.1, 0.15) is 5.82 Å². The molecule has 4 nitrogen and oxygen atoms in total. The van der Waals surface area contributed by atoms with Gasteiger partial charge in [-0.1, -0.05) is 67.7 Å². The van der Waals surface area contributed by atoms with Crippen molar-refractivity contribution in [1.29, 1.82) is 0 Å². The number of amides is 1. The van der Waals surface area contributed by atoms with Crippen LogP contribution in [0.5, 0.6) is 0 Å². The zero-order chi connectivity index (χ0) is 30.4. The molecule has 1 fully saturated rings. The summed E-state index contributed by atoms with van der Waals surface area (Å²) in [6, 6.07) is 15.0. The maximum Gasteiger partial charge on any atom is 0.416 e. The van der Waals surface area contributed by atoms with E-state index < -0.39 is 17.8 Å². The van der Waals surface area contributed by atoms with E-state index in [9.17, 15) is 22.4 Å². The molecule has 0 aromatic heterocycles. The molecule has 226 valence electrons. The van der Waals surface area contributed by atoms with Gasteiger partial charge in [0, 0.05) is 66.5 Å². The van der Waals surface area contributed by atoms with Crippen LogP contribution in [0.4, 0.5) is 23.2 Å². The second kappa shape index (κ2) is 14.1. The Morgan fingerprint density at radius 3 is 2.33 bits per heavy atom. The molecule has 3 aromatic rings. The van der Waals surface area contributed by atoms with Crippen molar-refractivity contribution in [1.82, 2.24) is 10.2 Å². The van der Waals surface area contributed by atoms with E-state index in [2.05, 4.69) is 5.32 Å². The van der Waals surface area contributed by atoms with Crippen LogP contribution in [0.3, 0.4) is 0 Å². The van der Waals surface area contributed by atoms with Gasteiger partial charge in [0.15, 0.2) is 0 Å². The number of nitrogens with zero attached hydrogens (tertiary/aromatic N) is 2. The zero-order valence-corrected chi connectivity index (χ0v) is 25.2. The van der Waals surface area contributed by atoms with Crippen molar-refractivity contribution in [2.75, 3.05) is 31.1 Å². The molecule has 0 radical (unpaired) electrons. The van der Waals surface area contributed by atoms with E-state index in [0.717, 1.165) is 11.6 Å². The summed E-state index contributed by atoms with van der Waals surface area (Å²) in [7, 11) is 0. The van der Waals surface area contributed by atoms with E-state index in [-0.39, 0.29) is 24.2 Å². The molecule has 2 atom stereocenters. The molecule has 0 saturated carbocycles. The van der Waals surface area contributed by atoms with Crippen LogP contribution in [0.2, 0.25) is 10.0 Å². The number of benzene rings is 3. The smallest absolute Gasteiger partial charge is 0.368 e. The molecule has 1 heterocycles. The van der Waals surface area contributed by atoms with Crippen molar-refractivity contribution in [3.8, 4) is 0 Å². The number of nitrogens with one attached hydrogen (secondary N) is 1. The molecule has 1 saturated heterocycles. The number of halogens is 6. The number of piperazine rings is 1. The highest BCUT2D eigenvalue weighted by Crippen LogP contribution is 2.38. The molecule has 0 bridgehead atoms. The van der Waals surface area contributed by atoms with Crippen LogP contribution in [-0.4, -0.2) is 37.0 Å². The Morgan fingerprint density at radius 2 is 1.69 bits per heavy atom. The van der Waals surface area contributed by atoms with Gasteiger partial charge in [-0.05, 0) is 59.9 Å². The third kappa shape index (κ3) is 7.97. The van der Waals surface area contributed by atoms with E-state index in [1.54, 1.807) is 35.2 Å². The minimum absolute atomic E-state index is 0.00246. The lowest BCUT2D eigenvalue weighted by molar-refractivity contribution is -0.137. The Kier molecular flexibility index (Phi) is 10.8. The summed E-state index contributed by atoms with van der Waals surface area (Å²) in [5.41, 5.74) is 1.78. The largest absolute Gasteiger partial charge is 0.416 e. The predicted molar refractivity (Wildman–Crippen MR) is 160 cm³/mol. The third-order valence-electron chi connectivity index (χ3n) is 7.97. The Morgan fingerprint density at radius 1 is 0.976 bits per heavy atom. The Hall–Kier alpha value is -2.81. The molecule has 3 aromatic carbocycles. The molecule has 0 spiro atoms. The van der Waals surface area contributed by atoms with E-state index in [0.29, 0.717) is 72.3 Å². The number of aryl methyl sites for hydroxylation is 1. The highest BCUT2D eigenvalue weighted by molar-refractivity contribution is 6.35. The Labute approximate surface area is 254 Å². The average molecular weight is 625 g/mol. The molecular weight excluding hydrogens is 589 g/mol. The maximum absolute atomic E-state index is 14.4. The summed E-state index contributed by atoms with van der Waals surface area (Å²) in [4.78, 5) is 16.8. The highest BCUT2D eigenvalue weighted by atomic mass is 35.5. The number of carbonyl (C=O) groups excluding carboxylic acids is 1. The number of carbonyl (C=O) groups is 1. The molecule has 10 heteroatoms. The highest BCUT2D eigenvalue weighted by Gasteiger charge is 2.34. The van der Waals surface area contributed by atoms with Gasteiger partial charge in [-0.15, -0.1) is 0 Å². The first-order valence-corrected chi connectivity index (χ1v) is 14.9. The van der Waals surface area contributed by atoms with Gasteiger partial charge >= 0.3 is 6.18 Å². The Bertz CT molecular complexity index is 1380. The molecule has 1 N–H and O–H groups in total. The minimum atomic E-state index is -4.50. The third-order valence-corrected chi connectivity index (χ3v) is 8.56. The van der Waals surface area contributed by atoms with Crippen LogP contribution in [0.25, 0.3) is 0 Å². The lowest BCUT2D eigenvalue weighted by Gasteiger charge is -2.39. The quantitative estimate of drug-likeness (QED) is 0.231. The van der Waals surface area contributed by atoms with Gasteiger partial charge in [-0.3, -0.25) is 4.79 Å². The van der Waals surface area contributed by atoms with Crippen LogP contribution in [0, 0.1) is 11.7 Å². The van der Waals surface area contributed by atoms with Crippen molar-refractivity contribution in [3.05, 3.63) is 98.8 Å². The molecule has 1 aliphatic rings. The normalized spacial score (nSPS) is 15.5. The number of rotatable bonds is 10. The first-order valence-electron chi connectivity index (χ1n) is 14.1. The SMILES string of the molecule is CCC(C)[C@H](NCc1ccccc1F)c1cc(C(F)(F)F)ccc1N1CCN(C(=O)CCc2ccc(Cl)cc2Cl)CC1. The van der Waals surface area contributed by atoms with E-state index in [1.807, 2.05) is 24.8 Å². The van der Waals surface area contributed by atoms with Gasteiger partial charge in [0.05, 0.1) is 5.56 Å². The number of hydrogen-bond acceptors (Lipinski definition) is 3. The molecule has 1 amide bonds. The van der Waals surface area contributed by atoms with Gasteiger partial charge in [-0.25, -0.2) is 4.39 Å². The van der Waals surface area contributed by atoms with Crippen LogP contribution in [0.15, 0.2) is 60.7 Å². The number of alkyl halides is 3. The van der Waals surface area contributed by atoms with Crippen molar-refractivity contribution in [2.45, 2.75) is 51.9 Å². The van der Waals surface area contributed by atoms with E-state index in [4.69, 9.17) is 23.2 Å². The molecule has 4 rings (SSSR count). The molecule has 42 heavy (non-hydrogen) atoms. The summed E-state index contributed by atoms with van der Waals surface area (Å²) >= 11 is 12.2. The van der Waals surface area contributed by atoms with Crippen LogP contribution < -0.4 is 10.2 Å². The second-order valence-corrected chi connectivity index (χ2v) is 11.6. The molecular formula is C32H35Cl2F4N3O. The Balaban J connectivity index is 1.51. The van der Waals surface area contributed by atoms with Crippen LogP contribution in [0.1, 0.15) is 55.0 Å². The first kappa shape index (κ1) is 32.1. The van der Waals surface area contributed by atoms with E-state index in [1.165, 1.54) is 18.2 Å². The maximum atomic E-state index is 14.4. The topological polar surface area (TPSA) is 35.6 Å². The molecule has 1 aliphatic heterocycles. The average Bonchev–Trinajstić information content (AvgIpc) is 2.97. The van der Waals surface area contributed by atoms with Crippen molar-refractivity contribution in [3.63, 3.8) is 0 Å². The van der Waals surface area contributed by atoms with Gasteiger partial charge in [0.25, 0.3) is 0 Å². The van der Waals surface area contributed by atoms with Crippen molar-refractivity contribution < 1.29 is 22.4 Å². The fourth-order valence-electron chi connectivity index (χ4n) is 5.30. The minimum Gasteiger partial charge on any atom is -0.368 e. The molecule has 1 unspecified atom stereocenters. The van der Waals surface area contributed by atoms with Crippen LogP contribution >= 0.6 is 23.2 Å². The van der Waals surface area contributed by atoms with E-state index >= 15 is 0 Å². The monoisotopic (exact) mass is 623 g/mol. The fourth-order valence-corrected chi connectivity index (χ4v) is 5.81. The van der Waals surface area contributed by atoms with Crippen molar-refractivity contribution in [2.24, 2.45) is 5.92 Å². The standard InChI is InChI=1S/C32H35Cl2F4N3O/c1-3-21(2)31(39-20-23-6-4-5-7-28(23)35)26-18-24(32(36,37)38)10-12-29(26)40-14-16-41(17-15-40)30(42)13-9-22-8-11-25(33)19-27(22)34/h4-8,10-12,18-19,21,31,39H,3,9,13-17,20H2,1-2H3/t21?,31-/m0/s1. The number of anilines is 1. The molecule has 0 aliphatic carbocycles. The lowest BCUT2D eigenvalue weighted by atomic mass is 9.89. The van der Waals surface area contributed by atoms with Gasteiger partial charge in [-0.2, -0.15) is 13.2 Å². The fraction of sp³-hybridized carbons (Fsp3) is 0.406. The predicted octanol–water partition coefficient (Wildman–Crippen LogP) is 8.31. The lowest BCUT2D eigenvalue weighted by Crippen LogP contribution is -2.49. The van der Waals surface area contributed by atoms with Gasteiger partial charge < -0.3 is 15.1 Å². The summed E-state index contributed by atoms with van der Waals surface area (Å²) in [5.74, 6) is -0.393. The zero-order valence-electron chi connectivity index (χ0n) is 23.7. The first-order chi connectivity index (χ1) is 20.0. The van der Waals surface area contributed by atoms with Crippen LogP contribution in [-0.2, 0) is 23.9 Å². The summed E-state index contributed by atoms with van der Waals surface area (Å²) < 4.78 is 55.9. The second-order valence-electron chi connectivity index (χ2n) is 10.7. The van der Waals surface area contributed by atoms with Gasteiger partial charge in [0.2, 0.25) is 5.91 Å².